The quantitative estimate of drug-likeness (QED) is 0.723. The maximum Gasteiger partial charge on any atom is 0.433 e. The lowest BCUT2D eigenvalue weighted by atomic mass is 10.1. The first kappa shape index (κ1) is 18.7. The predicted molar refractivity (Wildman–Crippen MR) is 95.0 cm³/mol. The lowest BCUT2D eigenvalue weighted by Crippen LogP contribution is -2.26. The van der Waals surface area contributed by atoms with Crippen LogP contribution in [-0.4, -0.2) is 44.3 Å². The minimum absolute atomic E-state index is 0.0715. The fourth-order valence-corrected chi connectivity index (χ4v) is 3.14. The number of hydrogen-bond donors (Lipinski definition) is 1. The summed E-state index contributed by atoms with van der Waals surface area (Å²) in [5.41, 5.74) is 0.343. The summed E-state index contributed by atoms with van der Waals surface area (Å²) in [6, 6.07) is 1.10. The number of alkyl halides is 3. The average Bonchev–Trinajstić information content (AvgIpc) is 3.28. The molecule has 7 nitrogen and oxygen atoms in total. The van der Waals surface area contributed by atoms with E-state index in [2.05, 4.69) is 20.3 Å². The van der Waals surface area contributed by atoms with Crippen LogP contribution in [0.5, 0.6) is 5.88 Å². The molecule has 150 valence electrons. The largest absolute Gasteiger partial charge is 0.474 e. The molecule has 3 aromatic heterocycles. The van der Waals surface area contributed by atoms with Gasteiger partial charge in [-0.2, -0.15) is 23.4 Å². The zero-order valence-electron chi connectivity index (χ0n) is 15.5. The van der Waals surface area contributed by atoms with E-state index in [1.165, 1.54) is 0 Å². The number of aromatic nitrogens is 5. The molecule has 0 spiro atoms. The van der Waals surface area contributed by atoms with Crippen molar-refractivity contribution in [2.75, 3.05) is 13.2 Å². The first-order valence-electron chi connectivity index (χ1n) is 9.08. The van der Waals surface area contributed by atoms with Gasteiger partial charge < -0.3 is 9.47 Å². The van der Waals surface area contributed by atoms with Crippen molar-refractivity contribution in [2.45, 2.75) is 45.0 Å². The van der Waals surface area contributed by atoms with Gasteiger partial charge in [-0.3, -0.25) is 9.78 Å². The van der Waals surface area contributed by atoms with Gasteiger partial charge in [-0.05, 0) is 19.9 Å². The van der Waals surface area contributed by atoms with Gasteiger partial charge in [0.05, 0.1) is 30.3 Å². The van der Waals surface area contributed by atoms with Gasteiger partial charge in [0.1, 0.15) is 11.8 Å². The first-order valence-corrected chi connectivity index (χ1v) is 9.08. The van der Waals surface area contributed by atoms with Crippen molar-refractivity contribution >= 4 is 10.9 Å². The number of rotatable bonds is 4. The Hall–Kier alpha value is -2.62. The van der Waals surface area contributed by atoms with Crippen LogP contribution < -0.4 is 4.74 Å². The minimum Gasteiger partial charge on any atom is -0.474 e. The van der Waals surface area contributed by atoms with Crippen LogP contribution in [0.4, 0.5) is 13.2 Å². The van der Waals surface area contributed by atoms with Crippen LogP contribution in [0.2, 0.25) is 0 Å². The highest BCUT2D eigenvalue weighted by Crippen LogP contribution is 2.38. The van der Waals surface area contributed by atoms with Gasteiger partial charge in [-0.1, -0.05) is 0 Å². The number of ether oxygens (including phenoxy) is 2. The number of pyridine rings is 1. The van der Waals surface area contributed by atoms with Gasteiger partial charge in [0.2, 0.25) is 5.88 Å². The summed E-state index contributed by atoms with van der Waals surface area (Å²) in [5, 5.41) is 11.6. The SMILES string of the molecule is CC(C)n1cc(-c2n[nH]c3cc(C(F)(F)F)nc(OC4CCOCC4)c23)cn1. The number of fused-ring (bicyclic) bond motifs is 1. The van der Waals surface area contributed by atoms with Crippen LogP contribution >= 0.6 is 0 Å². The lowest BCUT2D eigenvalue weighted by molar-refractivity contribution is -0.141. The van der Waals surface area contributed by atoms with Gasteiger partial charge in [0.15, 0.2) is 5.69 Å². The van der Waals surface area contributed by atoms with Gasteiger partial charge in [-0.15, -0.1) is 0 Å². The Balaban J connectivity index is 1.82. The van der Waals surface area contributed by atoms with Crippen molar-refractivity contribution < 1.29 is 22.6 Å². The van der Waals surface area contributed by atoms with Crippen molar-refractivity contribution in [2.24, 2.45) is 0 Å². The van der Waals surface area contributed by atoms with Gasteiger partial charge in [0.25, 0.3) is 0 Å². The molecule has 1 saturated heterocycles. The topological polar surface area (TPSA) is 77.9 Å². The molecule has 1 N–H and O–H groups in total. The van der Waals surface area contributed by atoms with Crippen LogP contribution in [0.3, 0.4) is 0 Å². The Morgan fingerprint density at radius 2 is 2.04 bits per heavy atom. The molecule has 0 saturated carbocycles. The molecule has 0 atom stereocenters. The summed E-state index contributed by atoms with van der Waals surface area (Å²) >= 11 is 0. The molecule has 0 aliphatic carbocycles. The molecule has 4 heterocycles. The Morgan fingerprint density at radius 1 is 1.29 bits per heavy atom. The van der Waals surface area contributed by atoms with Crippen LogP contribution in [0.1, 0.15) is 38.4 Å². The summed E-state index contributed by atoms with van der Waals surface area (Å²) in [7, 11) is 0. The second kappa shape index (κ2) is 7.08. The third-order valence-corrected chi connectivity index (χ3v) is 4.65. The zero-order valence-corrected chi connectivity index (χ0v) is 15.5. The number of hydrogen-bond acceptors (Lipinski definition) is 5. The lowest BCUT2D eigenvalue weighted by Gasteiger charge is -2.23. The average molecular weight is 395 g/mol. The van der Waals surface area contributed by atoms with Gasteiger partial charge in [0, 0.05) is 30.6 Å². The van der Waals surface area contributed by atoms with E-state index >= 15 is 0 Å². The molecule has 1 fully saturated rings. The molecule has 3 aromatic rings. The van der Waals surface area contributed by atoms with Gasteiger partial charge >= 0.3 is 6.18 Å². The molecule has 4 rings (SSSR count). The standard InChI is InChI=1S/C18H20F3N5O2/c1-10(2)26-9-11(8-22-26)16-15-13(24-25-16)7-14(18(19,20)21)23-17(15)28-12-3-5-27-6-4-12/h7-10,12H,3-6H2,1-2H3,(H,24,25). The van der Waals surface area contributed by atoms with Crippen LogP contribution in [0.25, 0.3) is 22.2 Å². The third kappa shape index (κ3) is 3.56. The third-order valence-electron chi connectivity index (χ3n) is 4.65. The monoisotopic (exact) mass is 395 g/mol. The van der Waals surface area contributed by atoms with Gasteiger partial charge in [-0.25, -0.2) is 4.98 Å². The summed E-state index contributed by atoms with van der Waals surface area (Å²) in [6.07, 6.45) is -0.221. The van der Waals surface area contributed by atoms with E-state index in [-0.39, 0.29) is 23.5 Å². The van der Waals surface area contributed by atoms with E-state index in [0.29, 0.717) is 42.7 Å². The molecule has 28 heavy (non-hydrogen) atoms. The summed E-state index contributed by atoms with van der Waals surface area (Å²) in [6.45, 7) is 4.98. The van der Waals surface area contributed by atoms with Crippen LogP contribution in [-0.2, 0) is 10.9 Å². The predicted octanol–water partition coefficient (Wildman–Crippen LogP) is 3.98. The van der Waals surface area contributed by atoms with Crippen LogP contribution in [0, 0.1) is 0 Å². The van der Waals surface area contributed by atoms with E-state index in [1.807, 2.05) is 13.8 Å². The second-order valence-corrected chi connectivity index (χ2v) is 7.04. The number of nitrogens with one attached hydrogen (secondary N) is 1. The fourth-order valence-electron chi connectivity index (χ4n) is 3.14. The smallest absolute Gasteiger partial charge is 0.433 e. The number of aromatic amines is 1. The summed E-state index contributed by atoms with van der Waals surface area (Å²) < 4.78 is 52.9. The number of halogens is 3. The molecule has 0 amide bonds. The van der Waals surface area contributed by atoms with Crippen molar-refractivity contribution in [1.29, 1.82) is 0 Å². The van der Waals surface area contributed by atoms with E-state index < -0.39 is 11.9 Å². The highest BCUT2D eigenvalue weighted by Gasteiger charge is 2.35. The Kier molecular flexibility index (Phi) is 4.74. The Morgan fingerprint density at radius 3 is 2.68 bits per heavy atom. The van der Waals surface area contributed by atoms with E-state index in [4.69, 9.17) is 9.47 Å². The molecule has 0 bridgehead atoms. The highest BCUT2D eigenvalue weighted by molar-refractivity contribution is 5.96. The Labute approximate surface area is 158 Å². The molecular formula is C18H20F3N5O2. The maximum atomic E-state index is 13.3. The summed E-state index contributed by atoms with van der Waals surface area (Å²) in [4.78, 5) is 3.79. The zero-order chi connectivity index (χ0) is 19.9. The van der Waals surface area contributed by atoms with E-state index in [9.17, 15) is 13.2 Å². The van der Waals surface area contributed by atoms with Crippen molar-refractivity contribution in [3.05, 3.63) is 24.2 Å². The van der Waals surface area contributed by atoms with E-state index in [0.717, 1.165) is 6.07 Å². The molecule has 1 aliphatic rings. The van der Waals surface area contributed by atoms with Crippen LogP contribution in [0.15, 0.2) is 18.5 Å². The molecular weight excluding hydrogens is 375 g/mol. The minimum atomic E-state index is -4.59. The fraction of sp³-hybridized carbons (Fsp3) is 0.500. The Bertz CT molecular complexity index is 973. The van der Waals surface area contributed by atoms with Crippen molar-refractivity contribution in [3.8, 4) is 17.1 Å². The number of H-pyrrole nitrogens is 1. The number of nitrogens with zero attached hydrogens (tertiary/aromatic N) is 4. The summed E-state index contributed by atoms with van der Waals surface area (Å²) in [5.74, 6) is -0.0715. The second-order valence-electron chi connectivity index (χ2n) is 7.04. The molecule has 0 unspecified atom stereocenters. The van der Waals surface area contributed by atoms with Crippen molar-refractivity contribution in [1.82, 2.24) is 25.0 Å². The normalized spacial score (nSPS) is 16.2. The maximum absolute atomic E-state index is 13.3. The highest BCUT2D eigenvalue weighted by atomic mass is 19.4. The first-order chi connectivity index (χ1) is 13.3. The van der Waals surface area contributed by atoms with Crippen molar-refractivity contribution in [3.63, 3.8) is 0 Å². The molecule has 10 heteroatoms. The molecule has 1 aliphatic heterocycles. The van der Waals surface area contributed by atoms with E-state index in [1.54, 1.807) is 17.1 Å². The molecule has 0 radical (unpaired) electrons. The molecule has 0 aromatic carbocycles.